The summed E-state index contributed by atoms with van der Waals surface area (Å²) >= 11 is 0. The third-order valence-corrected chi connectivity index (χ3v) is 4.48. The number of nitriles is 1. The standard InChI is InChI=1S/C21H15NO4/c1-12-19(23)16-7-8-18-17(9-13(10-22)11-25-18)21(16)26-20(12)14-3-5-15(24-2)6-4-14/h3-9H,11H2,1-2H3. The van der Waals surface area contributed by atoms with Crippen LogP contribution >= 0.6 is 0 Å². The van der Waals surface area contributed by atoms with E-state index >= 15 is 0 Å². The topological polar surface area (TPSA) is 72.5 Å². The molecule has 128 valence electrons. The number of rotatable bonds is 2. The van der Waals surface area contributed by atoms with Crippen LogP contribution in [0.25, 0.3) is 28.4 Å². The highest BCUT2D eigenvalue weighted by molar-refractivity contribution is 5.91. The average Bonchev–Trinajstić information content (AvgIpc) is 2.70. The summed E-state index contributed by atoms with van der Waals surface area (Å²) in [7, 11) is 1.60. The van der Waals surface area contributed by atoms with Crippen molar-refractivity contribution in [2.24, 2.45) is 0 Å². The molecule has 0 atom stereocenters. The maximum absolute atomic E-state index is 12.9. The van der Waals surface area contributed by atoms with Crippen molar-refractivity contribution in [3.63, 3.8) is 0 Å². The molecule has 0 N–H and O–H groups in total. The lowest BCUT2D eigenvalue weighted by Crippen LogP contribution is -2.11. The van der Waals surface area contributed by atoms with Crippen LogP contribution in [0.2, 0.25) is 0 Å². The van der Waals surface area contributed by atoms with E-state index in [2.05, 4.69) is 6.07 Å². The second-order valence-electron chi connectivity index (χ2n) is 6.04. The Bertz CT molecular complexity index is 1150. The Morgan fingerprint density at radius 1 is 1.15 bits per heavy atom. The SMILES string of the molecule is COc1ccc(-c2oc3c4c(ccc3c(=O)c2C)OCC(C#N)=C4)cc1. The minimum absolute atomic E-state index is 0.0997. The Labute approximate surface area is 149 Å². The highest BCUT2D eigenvalue weighted by atomic mass is 16.5. The number of methoxy groups -OCH3 is 1. The predicted molar refractivity (Wildman–Crippen MR) is 98.3 cm³/mol. The van der Waals surface area contributed by atoms with Crippen LogP contribution < -0.4 is 14.9 Å². The van der Waals surface area contributed by atoms with Gasteiger partial charge in [-0.05, 0) is 49.4 Å². The van der Waals surface area contributed by atoms with Crippen LogP contribution in [0.3, 0.4) is 0 Å². The molecule has 2 aromatic carbocycles. The van der Waals surface area contributed by atoms with E-state index in [4.69, 9.17) is 19.2 Å². The second-order valence-corrected chi connectivity index (χ2v) is 6.04. The van der Waals surface area contributed by atoms with Crippen LogP contribution in [-0.4, -0.2) is 13.7 Å². The monoisotopic (exact) mass is 345 g/mol. The van der Waals surface area contributed by atoms with Gasteiger partial charge in [-0.25, -0.2) is 0 Å². The van der Waals surface area contributed by atoms with Gasteiger partial charge in [0.05, 0.1) is 29.7 Å². The molecule has 4 rings (SSSR count). The van der Waals surface area contributed by atoms with Gasteiger partial charge in [0.2, 0.25) is 0 Å². The van der Waals surface area contributed by atoms with Crippen LogP contribution in [0.15, 0.2) is 51.2 Å². The quantitative estimate of drug-likeness (QED) is 0.700. The van der Waals surface area contributed by atoms with Gasteiger partial charge in [-0.15, -0.1) is 0 Å². The van der Waals surface area contributed by atoms with E-state index in [1.54, 1.807) is 32.2 Å². The van der Waals surface area contributed by atoms with E-state index in [-0.39, 0.29) is 12.0 Å². The molecule has 0 fully saturated rings. The van der Waals surface area contributed by atoms with Crippen molar-refractivity contribution in [2.75, 3.05) is 13.7 Å². The normalized spacial score (nSPS) is 12.7. The van der Waals surface area contributed by atoms with Gasteiger partial charge in [0.15, 0.2) is 5.43 Å². The Morgan fingerprint density at radius 2 is 1.92 bits per heavy atom. The maximum Gasteiger partial charge on any atom is 0.196 e. The Balaban J connectivity index is 2.01. The van der Waals surface area contributed by atoms with Gasteiger partial charge in [-0.1, -0.05) is 0 Å². The van der Waals surface area contributed by atoms with Gasteiger partial charge in [0.1, 0.15) is 29.4 Å². The molecule has 1 aliphatic rings. The van der Waals surface area contributed by atoms with Gasteiger partial charge < -0.3 is 13.9 Å². The summed E-state index contributed by atoms with van der Waals surface area (Å²) in [5.41, 5.74) is 2.75. The molecule has 2 heterocycles. The summed E-state index contributed by atoms with van der Waals surface area (Å²) in [6.07, 6.45) is 1.72. The van der Waals surface area contributed by atoms with Crippen molar-refractivity contribution in [3.05, 3.63) is 63.3 Å². The fourth-order valence-electron chi connectivity index (χ4n) is 3.07. The number of fused-ring (bicyclic) bond motifs is 3. The lowest BCUT2D eigenvalue weighted by Gasteiger charge is -2.16. The van der Waals surface area contributed by atoms with E-state index in [1.807, 2.05) is 24.3 Å². The molecule has 0 aliphatic carbocycles. The lowest BCUT2D eigenvalue weighted by atomic mass is 10.0. The number of benzene rings is 2. The van der Waals surface area contributed by atoms with E-state index in [0.717, 1.165) is 11.3 Å². The molecule has 0 bridgehead atoms. The smallest absolute Gasteiger partial charge is 0.196 e. The molecule has 0 saturated heterocycles. The maximum atomic E-state index is 12.9. The van der Waals surface area contributed by atoms with E-state index in [0.29, 0.717) is 39.2 Å². The first-order valence-corrected chi connectivity index (χ1v) is 8.10. The molecule has 0 saturated carbocycles. The fourth-order valence-corrected chi connectivity index (χ4v) is 3.07. The molecular weight excluding hydrogens is 330 g/mol. The summed E-state index contributed by atoms with van der Waals surface area (Å²) in [4.78, 5) is 12.9. The molecule has 0 unspecified atom stereocenters. The first kappa shape index (κ1) is 16.0. The molecule has 5 heteroatoms. The fraction of sp³-hybridized carbons (Fsp3) is 0.143. The third-order valence-electron chi connectivity index (χ3n) is 4.48. The van der Waals surface area contributed by atoms with E-state index in [1.165, 1.54) is 0 Å². The zero-order chi connectivity index (χ0) is 18.3. The molecule has 5 nitrogen and oxygen atoms in total. The largest absolute Gasteiger partial charge is 0.497 e. The minimum Gasteiger partial charge on any atom is -0.497 e. The van der Waals surface area contributed by atoms with Gasteiger partial charge in [-0.3, -0.25) is 4.79 Å². The van der Waals surface area contributed by atoms with E-state index < -0.39 is 0 Å². The van der Waals surface area contributed by atoms with Gasteiger partial charge in [-0.2, -0.15) is 5.26 Å². The summed E-state index contributed by atoms with van der Waals surface area (Å²) in [5, 5.41) is 9.64. The summed E-state index contributed by atoms with van der Waals surface area (Å²) in [5.74, 6) is 1.82. The van der Waals surface area contributed by atoms with Crippen LogP contribution in [-0.2, 0) is 0 Å². The summed E-state index contributed by atoms with van der Waals surface area (Å²) < 4.78 is 16.9. The van der Waals surface area contributed by atoms with Crippen molar-refractivity contribution in [1.29, 1.82) is 5.26 Å². The molecule has 1 aliphatic heterocycles. The summed E-state index contributed by atoms with van der Waals surface area (Å²) in [6.45, 7) is 1.97. The highest BCUT2D eigenvalue weighted by Crippen LogP contribution is 2.35. The zero-order valence-electron chi connectivity index (χ0n) is 14.3. The Morgan fingerprint density at radius 3 is 2.62 bits per heavy atom. The molecule has 3 aromatic rings. The first-order valence-electron chi connectivity index (χ1n) is 8.10. The van der Waals surface area contributed by atoms with Crippen LogP contribution in [0.5, 0.6) is 11.5 Å². The van der Waals surface area contributed by atoms with Crippen molar-refractivity contribution in [1.82, 2.24) is 0 Å². The van der Waals surface area contributed by atoms with Crippen LogP contribution in [0.4, 0.5) is 0 Å². The third kappa shape index (κ3) is 2.44. The van der Waals surface area contributed by atoms with Crippen molar-refractivity contribution in [2.45, 2.75) is 6.92 Å². The number of hydrogen-bond acceptors (Lipinski definition) is 5. The molecule has 0 radical (unpaired) electrons. The summed E-state index contributed by atoms with van der Waals surface area (Å²) in [6, 6.07) is 12.9. The molecule has 26 heavy (non-hydrogen) atoms. The van der Waals surface area contributed by atoms with Crippen molar-refractivity contribution >= 4 is 17.0 Å². The average molecular weight is 345 g/mol. The van der Waals surface area contributed by atoms with Crippen LogP contribution in [0, 0.1) is 18.3 Å². The number of nitrogens with zero attached hydrogens (tertiary/aromatic N) is 1. The molecule has 0 spiro atoms. The lowest BCUT2D eigenvalue weighted by molar-refractivity contribution is 0.351. The second kappa shape index (κ2) is 6.08. The number of ether oxygens (including phenoxy) is 2. The van der Waals surface area contributed by atoms with Gasteiger partial charge >= 0.3 is 0 Å². The van der Waals surface area contributed by atoms with Crippen LogP contribution in [0.1, 0.15) is 11.1 Å². The molecule has 1 aromatic heterocycles. The molecular formula is C21H15NO4. The minimum atomic E-state index is -0.0997. The highest BCUT2D eigenvalue weighted by Gasteiger charge is 2.20. The van der Waals surface area contributed by atoms with Crippen molar-refractivity contribution in [3.8, 4) is 28.9 Å². The van der Waals surface area contributed by atoms with E-state index in [9.17, 15) is 4.79 Å². The Hall–Kier alpha value is -3.52. The zero-order valence-corrected chi connectivity index (χ0v) is 14.3. The van der Waals surface area contributed by atoms with Gasteiger partial charge in [0, 0.05) is 11.1 Å². The van der Waals surface area contributed by atoms with Crippen molar-refractivity contribution < 1.29 is 13.9 Å². The number of hydrogen-bond donors (Lipinski definition) is 0. The Kier molecular flexibility index (Phi) is 3.74. The first-order chi connectivity index (χ1) is 12.6. The molecule has 0 amide bonds. The van der Waals surface area contributed by atoms with Gasteiger partial charge in [0.25, 0.3) is 0 Å². The predicted octanol–water partition coefficient (Wildman–Crippen LogP) is 4.08.